The average molecular weight is 231 g/mol. The zero-order valence-electron chi connectivity index (χ0n) is 9.60. The number of methoxy groups -OCH3 is 1. The molecule has 0 saturated carbocycles. The van der Waals surface area contributed by atoms with Gasteiger partial charge >= 0.3 is 0 Å². The summed E-state index contributed by atoms with van der Waals surface area (Å²) in [5.74, 6) is 1.41. The lowest BCUT2D eigenvalue weighted by atomic mass is 10.1. The molecular weight excluding hydrogens is 218 g/mol. The van der Waals surface area contributed by atoms with Gasteiger partial charge in [0.05, 0.1) is 20.3 Å². The molecule has 3 rings (SSSR count). The minimum Gasteiger partial charge on any atom is -0.478 e. The highest BCUT2D eigenvalue weighted by molar-refractivity contribution is 5.85. The minimum atomic E-state index is 0.529. The molecule has 0 atom stereocenters. The van der Waals surface area contributed by atoms with Gasteiger partial charge in [0.15, 0.2) is 5.58 Å². The number of pyridine rings is 1. The van der Waals surface area contributed by atoms with Crippen molar-refractivity contribution in [1.29, 1.82) is 0 Å². The Balaban J connectivity index is 2.10. The van der Waals surface area contributed by atoms with Crippen LogP contribution >= 0.6 is 0 Å². The van der Waals surface area contributed by atoms with Crippen LogP contribution < -0.4 is 4.74 Å². The molecule has 0 saturated heterocycles. The van der Waals surface area contributed by atoms with Crippen LogP contribution in [0.25, 0.3) is 16.5 Å². The maximum Gasteiger partial charge on any atom is 0.258 e. The molecule has 2 aromatic rings. The molecule has 1 aliphatic heterocycles. The Kier molecular flexibility index (Phi) is 2.57. The Bertz CT molecular complexity index is 571. The van der Waals surface area contributed by atoms with E-state index in [1.807, 2.05) is 12.1 Å². The number of nitrogens with zero attached hydrogens (tertiary/aromatic N) is 1. The Morgan fingerprint density at radius 1 is 1.41 bits per heavy atom. The van der Waals surface area contributed by atoms with E-state index in [1.54, 1.807) is 13.3 Å². The summed E-state index contributed by atoms with van der Waals surface area (Å²) in [5, 5.41) is 1.01. The second-order valence-corrected chi connectivity index (χ2v) is 3.90. The third kappa shape index (κ3) is 1.80. The van der Waals surface area contributed by atoms with Crippen molar-refractivity contribution in [2.75, 3.05) is 20.3 Å². The van der Waals surface area contributed by atoms with Gasteiger partial charge in [0.2, 0.25) is 0 Å². The van der Waals surface area contributed by atoms with Crippen LogP contribution in [0.3, 0.4) is 0 Å². The van der Waals surface area contributed by atoms with E-state index >= 15 is 0 Å². The zero-order chi connectivity index (χ0) is 11.7. The number of hydrogen-bond donors (Lipinski definition) is 0. The molecule has 0 unspecified atom stereocenters. The van der Waals surface area contributed by atoms with Crippen molar-refractivity contribution >= 4 is 16.5 Å². The summed E-state index contributed by atoms with van der Waals surface area (Å²) in [5.41, 5.74) is 1.90. The van der Waals surface area contributed by atoms with E-state index in [9.17, 15) is 0 Å². The Morgan fingerprint density at radius 3 is 3.12 bits per heavy atom. The second-order valence-electron chi connectivity index (χ2n) is 3.90. The predicted molar refractivity (Wildman–Crippen MR) is 64.0 cm³/mol. The van der Waals surface area contributed by atoms with Crippen LogP contribution in [0.2, 0.25) is 0 Å². The largest absolute Gasteiger partial charge is 0.478 e. The number of fused-ring (bicyclic) bond motifs is 1. The summed E-state index contributed by atoms with van der Waals surface area (Å²) < 4.78 is 16.3. The first-order valence-corrected chi connectivity index (χ1v) is 5.58. The number of aromatic nitrogens is 1. The summed E-state index contributed by atoms with van der Waals surface area (Å²) in [4.78, 5) is 4.12. The first-order valence-electron chi connectivity index (χ1n) is 5.58. The fourth-order valence-corrected chi connectivity index (χ4v) is 1.99. The first kappa shape index (κ1) is 10.4. The fraction of sp³-hybridized carbons (Fsp3) is 0.308. The molecule has 0 radical (unpaired) electrons. The van der Waals surface area contributed by atoms with Crippen LogP contribution in [0.15, 0.2) is 28.8 Å². The molecule has 0 spiro atoms. The van der Waals surface area contributed by atoms with E-state index in [2.05, 4.69) is 11.1 Å². The molecule has 88 valence electrons. The second kappa shape index (κ2) is 4.22. The first-order chi connectivity index (χ1) is 8.38. The van der Waals surface area contributed by atoms with Crippen molar-refractivity contribution in [3.63, 3.8) is 0 Å². The van der Waals surface area contributed by atoms with Crippen LogP contribution in [-0.2, 0) is 4.74 Å². The molecule has 4 nitrogen and oxygen atoms in total. The topological polar surface area (TPSA) is 44.5 Å². The van der Waals surface area contributed by atoms with Crippen LogP contribution in [-0.4, -0.2) is 25.3 Å². The van der Waals surface area contributed by atoms with Crippen molar-refractivity contribution in [3.05, 3.63) is 30.2 Å². The van der Waals surface area contributed by atoms with E-state index in [0.29, 0.717) is 18.1 Å². The molecule has 0 aromatic carbocycles. The lowest BCUT2D eigenvalue weighted by Gasteiger charge is -2.10. The quantitative estimate of drug-likeness (QED) is 0.797. The zero-order valence-corrected chi connectivity index (χ0v) is 9.60. The molecular formula is C13H13NO3. The van der Waals surface area contributed by atoms with Crippen molar-refractivity contribution in [2.45, 2.75) is 6.42 Å². The number of hydrogen-bond acceptors (Lipinski definition) is 4. The maximum absolute atomic E-state index is 5.82. The highest BCUT2D eigenvalue weighted by atomic mass is 16.5. The van der Waals surface area contributed by atoms with Gasteiger partial charge in [0.25, 0.3) is 5.88 Å². The highest BCUT2D eigenvalue weighted by Crippen LogP contribution is 2.31. The normalized spacial score (nSPS) is 15.9. The van der Waals surface area contributed by atoms with Crippen LogP contribution in [0.4, 0.5) is 0 Å². The van der Waals surface area contributed by atoms with E-state index in [0.717, 1.165) is 24.2 Å². The molecule has 17 heavy (non-hydrogen) atoms. The number of furan rings is 1. The minimum absolute atomic E-state index is 0.529. The molecule has 3 heterocycles. The van der Waals surface area contributed by atoms with Gasteiger partial charge in [-0.3, -0.25) is 0 Å². The van der Waals surface area contributed by atoms with E-state index in [1.165, 1.54) is 5.57 Å². The van der Waals surface area contributed by atoms with Crippen molar-refractivity contribution < 1.29 is 13.9 Å². The molecule has 1 aliphatic rings. The van der Waals surface area contributed by atoms with E-state index in [-0.39, 0.29) is 0 Å². The Morgan fingerprint density at radius 2 is 2.35 bits per heavy atom. The summed E-state index contributed by atoms with van der Waals surface area (Å²) >= 11 is 0. The van der Waals surface area contributed by atoms with Crippen molar-refractivity contribution in [1.82, 2.24) is 4.98 Å². The van der Waals surface area contributed by atoms with Gasteiger partial charge in [0, 0.05) is 11.6 Å². The lowest BCUT2D eigenvalue weighted by molar-refractivity contribution is 0.161. The van der Waals surface area contributed by atoms with Gasteiger partial charge < -0.3 is 13.9 Å². The Hall–Kier alpha value is -1.81. The van der Waals surface area contributed by atoms with Crippen LogP contribution in [0.5, 0.6) is 5.88 Å². The van der Waals surface area contributed by atoms with Gasteiger partial charge in [0.1, 0.15) is 5.76 Å². The summed E-state index contributed by atoms with van der Waals surface area (Å²) in [6.07, 6.45) is 4.66. The molecule has 0 fully saturated rings. The smallest absolute Gasteiger partial charge is 0.258 e. The third-order valence-corrected chi connectivity index (χ3v) is 2.87. The van der Waals surface area contributed by atoms with Gasteiger partial charge in [-0.2, -0.15) is 0 Å². The molecule has 0 bridgehead atoms. The summed E-state index contributed by atoms with van der Waals surface area (Å²) in [7, 11) is 1.59. The highest BCUT2D eigenvalue weighted by Gasteiger charge is 2.14. The SMILES string of the molecule is COc1nccc2cc(C3=CCOCC3)oc12. The summed E-state index contributed by atoms with van der Waals surface area (Å²) in [6.45, 7) is 1.40. The van der Waals surface area contributed by atoms with Gasteiger partial charge in [-0.05, 0) is 24.1 Å². The molecule has 0 N–H and O–H groups in total. The van der Waals surface area contributed by atoms with Crippen LogP contribution in [0.1, 0.15) is 12.2 Å². The predicted octanol–water partition coefficient (Wildman–Crippen LogP) is 2.64. The fourth-order valence-electron chi connectivity index (χ4n) is 1.99. The van der Waals surface area contributed by atoms with Crippen molar-refractivity contribution in [3.8, 4) is 5.88 Å². The Labute approximate surface area is 98.8 Å². The van der Waals surface area contributed by atoms with Gasteiger partial charge in [-0.1, -0.05) is 6.08 Å². The van der Waals surface area contributed by atoms with Gasteiger partial charge in [-0.25, -0.2) is 4.98 Å². The van der Waals surface area contributed by atoms with Crippen LogP contribution in [0, 0.1) is 0 Å². The van der Waals surface area contributed by atoms with E-state index in [4.69, 9.17) is 13.9 Å². The molecule has 0 amide bonds. The molecule has 0 aliphatic carbocycles. The van der Waals surface area contributed by atoms with Crippen molar-refractivity contribution in [2.24, 2.45) is 0 Å². The lowest BCUT2D eigenvalue weighted by Crippen LogP contribution is -2.02. The molecule has 2 aromatic heterocycles. The van der Waals surface area contributed by atoms with E-state index < -0.39 is 0 Å². The van der Waals surface area contributed by atoms with Gasteiger partial charge in [-0.15, -0.1) is 0 Å². The molecule has 4 heteroatoms. The standard InChI is InChI=1S/C13H13NO3/c1-15-13-12-10(2-5-14-13)8-11(17-12)9-3-6-16-7-4-9/h2-3,5,8H,4,6-7H2,1H3. The monoisotopic (exact) mass is 231 g/mol. The number of ether oxygens (including phenoxy) is 2. The number of rotatable bonds is 2. The average Bonchev–Trinajstić information content (AvgIpc) is 2.83. The third-order valence-electron chi connectivity index (χ3n) is 2.87. The maximum atomic E-state index is 5.82. The summed E-state index contributed by atoms with van der Waals surface area (Å²) in [6, 6.07) is 3.95.